The van der Waals surface area contributed by atoms with Crippen LogP contribution < -0.4 is 19.9 Å². The van der Waals surface area contributed by atoms with Crippen LogP contribution in [0.15, 0.2) is 164 Å². The molecule has 4 aliphatic heterocycles. The third kappa shape index (κ3) is 8.75. The van der Waals surface area contributed by atoms with E-state index in [0.29, 0.717) is 41.5 Å². The van der Waals surface area contributed by atoms with Gasteiger partial charge in [0, 0.05) is 44.1 Å². The smallest absolute Gasteiger partial charge is 0.329 e. The van der Waals surface area contributed by atoms with Gasteiger partial charge in [0.15, 0.2) is 0 Å². The first-order valence-electron chi connectivity index (χ1n) is 25.5. The second-order valence-electron chi connectivity index (χ2n) is 19.5. The van der Waals surface area contributed by atoms with Crippen LogP contribution in [0.4, 0.5) is 16.4 Å². The molecular weight excluding hydrogens is 931 g/mol. The largest absolute Gasteiger partial charge is 0.491 e. The van der Waals surface area contributed by atoms with Gasteiger partial charge in [-0.25, -0.2) is 19.7 Å². The van der Waals surface area contributed by atoms with Gasteiger partial charge in [0.2, 0.25) is 17.8 Å². The number of nitrogens with one attached hydrogen (secondary N) is 1. The van der Waals surface area contributed by atoms with Crippen molar-refractivity contribution < 1.29 is 33.8 Å². The van der Waals surface area contributed by atoms with Crippen LogP contribution in [0.2, 0.25) is 0 Å². The number of piperazine rings is 1. The lowest BCUT2D eigenvalue weighted by atomic mass is 9.64. The first kappa shape index (κ1) is 48.2. The van der Waals surface area contributed by atoms with E-state index in [9.17, 15) is 5.11 Å². The quantitative estimate of drug-likeness (QED) is 0.101. The molecule has 7 atom stereocenters. The maximum atomic E-state index is 17.0. The molecule has 1 aromatic heterocycles. The zero-order chi connectivity index (χ0) is 50.8. The van der Waals surface area contributed by atoms with Crippen molar-refractivity contribution in [3.63, 3.8) is 0 Å². The molecule has 5 heterocycles. The summed E-state index contributed by atoms with van der Waals surface area (Å²) in [5.41, 5.74) is 3.18. The van der Waals surface area contributed by atoms with Crippen molar-refractivity contribution in [1.82, 2.24) is 25.1 Å². The molecule has 14 heteroatoms. The average Bonchev–Trinajstić information content (AvgIpc) is 3.97. The van der Waals surface area contributed by atoms with Gasteiger partial charge in [-0.05, 0) is 102 Å². The van der Waals surface area contributed by atoms with Crippen LogP contribution in [-0.4, -0.2) is 94.1 Å². The van der Waals surface area contributed by atoms with Gasteiger partial charge >= 0.3 is 12.0 Å². The van der Waals surface area contributed by atoms with E-state index in [2.05, 4.69) is 33.2 Å². The van der Waals surface area contributed by atoms with Crippen molar-refractivity contribution in [2.24, 2.45) is 5.92 Å². The van der Waals surface area contributed by atoms with Crippen molar-refractivity contribution in [2.45, 2.75) is 68.3 Å². The molecule has 3 saturated heterocycles. The number of aliphatic hydroxyl groups is 1. The molecule has 11 rings (SSSR count). The molecule has 5 aliphatic rings. The predicted molar refractivity (Wildman–Crippen MR) is 279 cm³/mol. The summed E-state index contributed by atoms with van der Waals surface area (Å²) in [6.07, 6.45) is 8.55. The Morgan fingerprint density at radius 3 is 2.20 bits per heavy atom. The minimum absolute atomic E-state index is 0.00443. The van der Waals surface area contributed by atoms with Gasteiger partial charge in [-0.3, -0.25) is 19.3 Å². The van der Waals surface area contributed by atoms with Gasteiger partial charge in [-0.2, -0.15) is 0 Å². The molecule has 74 heavy (non-hydrogen) atoms. The Labute approximate surface area is 430 Å². The maximum Gasteiger partial charge on any atom is 0.329 e. The third-order valence-electron chi connectivity index (χ3n) is 15.2. The van der Waals surface area contributed by atoms with E-state index in [4.69, 9.17) is 9.47 Å². The van der Waals surface area contributed by atoms with Crippen LogP contribution in [0.3, 0.4) is 0 Å². The van der Waals surface area contributed by atoms with Crippen LogP contribution in [-0.2, 0) is 24.5 Å². The number of amides is 4. The second-order valence-corrected chi connectivity index (χ2v) is 19.5. The molecule has 14 nitrogen and oxygen atoms in total. The number of morpholine rings is 1. The number of anilines is 2. The number of benzene rings is 5. The number of carbonyl (C=O) groups excluding carboxylic acids is 4. The Hall–Kier alpha value is -8.12. The first-order valence-corrected chi connectivity index (χ1v) is 25.5. The van der Waals surface area contributed by atoms with Crippen LogP contribution in [0, 0.1) is 17.8 Å². The van der Waals surface area contributed by atoms with Gasteiger partial charge in [0.05, 0.1) is 36.3 Å². The van der Waals surface area contributed by atoms with Gasteiger partial charge in [0.1, 0.15) is 29.9 Å². The molecular formula is C60H57N7O7. The van der Waals surface area contributed by atoms with Crippen LogP contribution in [0.1, 0.15) is 90.2 Å². The standard InChI is InChI=1S/C60H57N7O7/c1-40(43-18-8-3-9-19-43)63-59(72)66-49-29-28-42(27-26-41-16-6-2-7-17-41)38-48(49)60(57(66)71)50(55(69)64-32-34-65(35-33-64)58-61-30-15-31-62-58)52-56(70)74-53(45-22-12-5-13-23-45)51(44-20-10-4-11-21-44)67(52)54(60)46-24-14-25-47(39-46)73-37-36-68/h3-5,8-16,18-25,28-31,38-40,50-54,68H,2,6-7,17,32-37H2,1H3,(H,63,72)/t40-,50-,51-,52-,53+,54+,60-/m1/s1. The normalized spacial score (nSPS) is 23.7. The Bertz CT molecular complexity index is 3140. The molecule has 1 aliphatic carbocycles. The summed E-state index contributed by atoms with van der Waals surface area (Å²) in [5.74, 6) is 4.51. The summed E-state index contributed by atoms with van der Waals surface area (Å²) in [6.45, 7) is 2.84. The number of esters is 1. The molecule has 0 unspecified atom stereocenters. The molecule has 0 bridgehead atoms. The minimum atomic E-state index is -1.99. The number of hydrogen-bond acceptors (Lipinski definition) is 11. The van der Waals surface area contributed by atoms with Crippen LogP contribution >= 0.6 is 0 Å². The topological polar surface area (TPSA) is 158 Å². The Morgan fingerprint density at radius 2 is 1.50 bits per heavy atom. The number of rotatable bonds is 10. The predicted octanol–water partition coefficient (Wildman–Crippen LogP) is 8.18. The van der Waals surface area contributed by atoms with E-state index in [1.165, 1.54) is 4.90 Å². The summed E-state index contributed by atoms with van der Waals surface area (Å²) in [4.78, 5) is 80.4. The second kappa shape index (κ2) is 20.8. The summed E-state index contributed by atoms with van der Waals surface area (Å²) >= 11 is 0. The number of allylic oxidation sites excluding steroid dienone is 2. The van der Waals surface area contributed by atoms with E-state index in [0.717, 1.165) is 47.9 Å². The van der Waals surface area contributed by atoms with E-state index in [1.807, 2.05) is 138 Å². The van der Waals surface area contributed by atoms with Gasteiger partial charge in [-0.15, -0.1) is 0 Å². The molecule has 374 valence electrons. The SMILES string of the molecule is C[C@@H](NC(=O)N1C(=O)[C@@]2(c3cc(C#CC4=CCCCC4)ccc31)[C@H](c1cccc(OCCO)c1)N1[C@H](c3ccccc3)[C@H](c3ccccc3)OC(=O)[C@H]1[C@@H]2C(=O)N1CCN(c2ncccn2)CC1)c1ccccc1. The van der Waals surface area contributed by atoms with E-state index < -0.39 is 65.4 Å². The highest BCUT2D eigenvalue weighted by atomic mass is 16.6. The molecule has 3 fully saturated rings. The van der Waals surface area contributed by atoms with Gasteiger partial charge < -0.3 is 29.7 Å². The fourth-order valence-electron chi connectivity index (χ4n) is 11.9. The Morgan fingerprint density at radius 1 is 0.797 bits per heavy atom. The number of aromatic nitrogens is 2. The van der Waals surface area contributed by atoms with Crippen LogP contribution in [0.5, 0.6) is 5.75 Å². The Balaban J connectivity index is 1.17. The number of aliphatic hydroxyl groups excluding tert-OH is 1. The highest BCUT2D eigenvalue weighted by molar-refractivity contribution is 6.24. The number of nitrogens with zero attached hydrogens (tertiary/aromatic N) is 6. The number of imide groups is 1. The molecule has 0 saturated carbocycles. The number of cyclic esters (lactones) is 1. The fraction of sp³-hybridized carbons (Fsp3) is 0.300. The number of fused-ring (bicyclic) bond motifs is 3. The molecule has 4 amide bonds. The molecule has 0 radical (unpaired) electrons. The zero-order valence-electron chi connectivity index (χ0n) is 41.1. The lowest BCUT2D eigenvalue weighted by molar-refractivity contribution is -0.179. The van der Waals surface area contributed by atoms with Crippen molar-refractivity contribution in [3.05, 3.63) is 197 Å². The van der Waals surface area contributed by atoms with Gasteiger partial charge in [-0.1, -0.05) is 121 Å². The highest BCUT2D eigenvalue weighted by Crippen LogP contribution is 2.66. The summed E-state index contributed by atoms with van der Waals surface area (Å²) in [7, 11) is 0. The summed E-state index contributed by atoms with van der Waals surface area (Å²) < 4.78 is 12.8. The highest BCUT2D eigenvalue weighted by Gasteiger charge is 2.76. The third-order valence-corrected chi connectivity index (χ3v) is 15.2. The number of hydrogen-bond donors (Lipinski definition) is 2. The van der Waals surface area contributed by atoms with Crippen molar-refractivity contribution in [1.29, 1.82) is 0 Å². The Kier molecular flexibility index (Phi) is 13.5. The van der Waals surface area contributed by atoms with Gasteiger partial charge in [0.25, 0.3) is 0 Å². The molecule has 6 aromatic rings. The fourth-order valence-corrected chi connectivity index (χ4v) is 11.9. The van der Waals surface area contributed by atoms with Crippen molar-refractivity contribution in [2.75, 3.05) is 49.2 Å². The zero-order valence-corrected chi connectivity index (χ0v) is 41.1. The number of ether oxygens (including phenoxy) is 2. The monoisotopic (exact) mass is 987 g/mol. The summed E-state index contributed by atoms with van der Waals surface area (Å²) in [6, 6.07) is 38.7. The minimum Gasteiger partial charge on any atom is -0.491 e. The maximum absolute atomic E-state index is 17.0. The molecule has 2 N–H and O–H groups in total. The average molecular weight is 988 g/mol. The lowest BCUT2D eigenvalue weighted by Crippen LogP contribution is -2.59. The number of carbonyl (C=O) groups is 4. The molecule has 1 spiro atoms. The molecule has 5 aromatic carbocycles. The van der Waals surface area contributed by atoms with E-state index in [-0.39, 0.29) is 32.0 Å². The number of urea groups is 1. The summed E-state index contributed by atoms with van der Waals surface area (Å²) in [5, 5.41) is 13.0. The van der Waals surface area contributed by atoms with Crippen molar-refractivity contribution in [3.8, 4) is 17.6 Å². The van der Waals surface area contributed by atoms with Crippen LogP contribution in [0.25, 0.3) is 0 Å². The first-order chi connectivity index (χ1) is 36.3. The lowest BCUT2D eigenvalue weighted by Gasteiger charge is -2.46. The van der Waals surface area contributed by atoms with E-state index in [1.54, 1.807) is 35.5 Å². The van der Waals surface area contributed by atoms with E-state index >= 15 is 19.2 Å². The van der Waals surface area contributed by atoms with Crippen molar-refractivity contribution >= 4 is 35.5 Å².